The number of rotatable bonds is 3. The zero-order valence-electron chi connectivity index (χ0n) is 10.9. The molecule has 0 heterocycles. The lowest BCUT2D eigenvalue weighted by atomic mass is 9.93. The van der Waals surface area contributed by atoms with E-state index >= 15 is 0 Å². The number of benzene rings is 1. The summed E-state index contributed by atoms with van der Waals surface area (Å²) >= 11 is 0. The van der Waals surface area contributed by atoms with Crippen LogP contribution in [-0.4, -0.2) is 19.6 Å². The van der Waals surface area contributed by atoms with Gasteiger partial charge in [0.05, 0.1) is 6.10 Å². The molecule has 1 atom stereocenters. The van der Waals surface area contributed by atoms with E-state index in [2.05, 4.69) is 0 Å². The topological polar surface area (TPSA) is 63.6 Å². The Labute approximate surface area is 113 Å². The standard InChI is InChI=1S/C14H18O4S/c1-11-6-8-13(9-7-11)19(16,17)18-10-12-4-2-3-5-14(12)15/h6-10,14-15H,2-5H2,1H3/t14-/m0/s1. The second kappa shape index (κ2) is 5.75. The third-order valence-corrected chi connectivity index (χ3v) is 4.46. The van der Waals surface area contributed by atoms with Crippen LogP contribution in [0, 0.1) is 6.92 Å². The molecule has 0 unspecified atom stereocenters. The lowest BCUT2D eigenvalue weighted by molar-refractivity contribution is 0.175. The molecule has 1 saturated carbocycles. The molecule has 0 radical (unpaired) electrons. The van der Waals surface area contributed by atoms with E-state index in [1.54, 1.807) is 12.1 Å². The highest BCUT2D eigenvalue weighted by atomic mass is 32.2. The monoisotopic (exact) mass is 282 g/mol. The van der Waals surface area contributed by atoms with Gasteiger partial charge in [-0.05, 0) is 43.9 Å². The van der Waals surface area contributed by atoms with Crippen LogP contribution >= 0.6 is 0 Å². The van der Waals surface area contributed by atoms with Crippen molar-refractivity contribution < 1.29 is 17.7 Å². The Balaban J connectivity index is 2.13. The Morgan fingerprint density at radius 1 is 1.26 bits per heavy atom. The largest absolute Gasteiger partial charge is 0.389 e. The van der Waals surface area contributed by atoms with Crippen molar-refractivity contribution in [1.82, 2.24) is 0 Å². The smallest absolute Gasteiger partial charge is 0.338 e. The van der Waals surface area contributed by atoms with Gasteiger partial charge in [0.1, 0.15) is 11.2 Å². The predicted molar refractivity (Wildman–Crippen MR) is 72.0 cm³/mol. The summed E-state index contributed by atoms with van der Waals surface area (Å²) in [7, 11) is -3.79. The molecule has 2 rings (SSSR count). The van der Waals surface area contributed by atoms with Gasteiger partial charge in [0.15, 0.2) is 0 Å². The van der Waals surface area contributed by atoms with E-state index in [1.165, 1.54) is 18.4 Å². The molecule has 4 nitrogen and oxygen atoms in total. The van der Waals surface area contributed by atoms with Crippen molar-refractivity contribution in [2.24, 2.45) is 0 Å². The molecular weight excluding hydrogens is 264 g/mol. The van der Waals surface area contributed by atoms with Gasteiger partial charge in [-0.3, -0.25) is 0 Å². The fourth-order valence-electron chi connectivity index (χ4n) is 2.04. The van der Waals surface area contributed by atoms with Crippen LogP contribution in [0.2, 0.25) is 0 Å². The van der Waals surface area contributed by atoms with E-state index in [0.717, 1.165) is 18.4 Å². The third-order valence-electron chi connectivity index (χ3n) is 3.26. The first-order valence-corrected chi connectivity index (χ1v) is 7.77. The summed E-state index contributed by atoms with van der Waals surface area (Å²) < 4.78 is 28.8. The molecule has 0 spiro atoms. The van der Waals surface area contributed by atoms with Crippen molar-refractivity contribution in [1.29, 1.82) is 0 Å². The predicted octanol–water partition coefficient (Wildman–Crippen LogP) is 2.52. The highest BCUT2D eigenvalue weighted by molar-refractivity contribution is 7.86. The van der Waals surface area contributed by atoms with E-state index in [9.17, 15) is 13.5 Å². The molecule has 1 aromatic rings. The normalized spacial score (nSPS) is 22.4. The maximum atomic E-state index is 11.9. The summed E-state index contributed by atoms with van der Waals surface area (Å²) in [4.78, 5) is 0.125. The Bertz CT molecular complexity index is 558. The number of hydrogen-bond donors (Lipinski definition) is 1. The summed E-state index contributed by atoms with van der Waals surface area (Å²) in [5, 5.41) is 9.73. The number of aliphatic hydroxyl groups is 1. The van der Waals surface area contributed by atoms with Crippen LogP contribution in [0.1, 0.15) is 31.2 Å². The molecule has 1 aliphatic carbocycles. The van der Waals surface area contributed by atoms with Crippen molar-refractivity contribution in [2.45, 2.75) is 43.6 Å². The van der Waals surface area contributed by atoms with Crippen molar-refractivity contribution >= 4 is 10.1 Å². The van der Waals surface area contributed by atoms with Crippen molar-refractivity contribution in [2.75, 3.05) is 0 Å². The average Bonchev–Trinajstić information content (AvgIpc) is 2.38. The van der Waals surface area contributed by atoms with Gasteiger partial charge in [0, 0.05) is 0 Å². The van der Waals surface area contributed by atoms with Crippen molar-refractivity contribution in [3.8, 4) is 0 Å². The van der Waals surface area contributed by atoms with Gasteiger partial charge in [-0.1, -0.05) is 24.1 Å². The first-order chi connectivity index (χ1) is 8.99. The Morgan fingerprint density at radius 2 is 1.95 bits per heavy atom. The van der Waals surface area contributed by atoms with E-state index in [0.29, 0.717) is 18.4 Å². The molecule has 1 fully saturated rings. The molecule has 104 valence electrons. The molecule has 1 aromatic carbocycles. The minimum Gasteiger partial charge on any atom is -0.389 e. The second-order valence-electron chi connectivity index (χ2n) is 4.82. The molecule has 0 bridgehead atoms. The third kappa shape index (κ3) is 3.58. The summed E-state index contributed by atoms with van der Waals surface area (Å²) in [6.07, 6.45) is 3.88. The molecule has 1 aliphatic rings. The Hall–Kier alpha value is -1.33. The summed E-state index contributed by atoms with van der Waals surface area (Å²) in [5.74, 6) is 0. The highest BCUT2D eigenvalue weighted by Crippen LogP contribution is 2.24. The van der Waals surface area contributed by atoms with Gasteiger partial charge in [-0.25, -0.2) is 0 Å². The molecule has 19 heavy (non-hydrogen) atoms. The van der Waals surface area contributed by atoms with Crippen LogP contribution in [-0.2, 0) is 14.3 Å². The molecule has 0 saturated heterocycles. The van der Waals surface area contributed by atoms with Crippen LogP contribution in [0.5, 0.6) is 0 Å². The Kier molecular flexibility index (Phi) is 4.27. The zero-order chi connectivity index (χ0) is 13.9. The number of hydrogen-bond acceptors (Lipinski definition) is 4. The molecule has 5 heteroatoms. The molecule has 0 amide bonds. The van der Waals surface area contributed by atoms with Crippen LogP contribution in [0.25, 0.3) is 0 Å². The van der Waals surface area contributed by atoms with E-state index < -0.39 is 16.2 Å². The summed E-state index contributed by atoms with van der Waals surface area (Å²) in [6, 6.07) is 6.47. The van der Waals surface area contributed by atoms with Crippen LogP contribution in [0.3, 0.4) is 0 Å². The molecule has 0 aliphatic heterocycles. The van der Waals surface area contributed by atoms with E-state index in [-0.39, 0.29) is 4.90 Å². The van der Waals surface area contributed by atoms with Crippen molar-refractivity contribution in [3.63, 3.8) is 0 Å². The minimum absolute atomic E-state index is 0.125. The minimum atomic E-state index is -3.79. The van der Waals surface area contributed by atoms with Gasteiger partial charge in [0.25, 0.3) is 0 Å². The van der Waals surface area contributed by atoms with Gasteiger partial charge in [0.2, 0.25) is 0 Å². The highest BCUT2D eigenvalue weighted by Gasteiger charge is 2.19. The fourth-order valence-corrected chi connectivity index (χ4v) is 2.87. The van der Waals surface area contributed by atoms with Crippen molar-refractivity contribution in [3.05, 3.63) is 41.7 Å². The number of aliphatic hydroxyl groups excluding tert-OH is 1. The van der Waals surface area contributed by atoms with Gasteiger partial charge in [-0.15, -0.1) is 0 Å². The lowest BCUT2D eigenvalue weighted by Gasteiger charge is -2.19. The van der Waals surface area contributed by atoms with Crippen LogP contribution < -0.4 is 0 Å². The average molecular weight is 282 g/mol. The SMILES string of the molecule is Cc1ccc(S(=O)(=O)OC=C2CCCC[C@@H]2O)cc1. The van der Waals surface area contributed by atoms with Crippen LogP contribution in [0.4, 0.5) is 0 Å². The van der Waals surface area contributed by atoms with Gasteiger partial charge in [-0.2, -0.15) is 8.42 Å². The summed E-state index contributed by atoms with van der Waals surface area (Å²) in [6.45, 7) is 1.89. The quantitative estimate of drug-likeness (QED) is 0.683. The summed E-state index contributed by atoms with van der Waals surface area (Å²) in [5.41, 5.74) is 1.64. The van der Waals surface area contributed by atoms with E-state index in [4.69, 9.17) is 4.18 Å². The first-order valence-electron chi connectivity index (χ1n) is 6.36. The van der Waals surface area contributed by atoms with Gasteiger partial charge >= 0.3 is 10.1 Å². The lowest BCUT2D eigenvalue weighted by Crippen LogP contribution is -2.16. The maximum absolute atomic E-state index is 11.9. The molecule has 1 N–H and O–H groups in total. The molecular formula is C14H18O4S. The zero-order valence-corrected chi connectivity index (χ0v) is 11.7. The number of aryl methyl sites for hydroxylation is 1. The first kappa shape index (κ1) is 14.1. The van der Waals surface area contributed by atoms with E-state index in [1.807, 2.05) is 6.92 Å². The Morgan fingerprint density at radius 3 is 2.58 bits per heavy atom. The second-order valence-corrected chi connectivity index (χ2v) is 6.39. The maximum Gasteiger partial charge on any atom is 0.338 e. The van der Waals surface area contributed by atoms with Gasteiger partial charge < -0.3 is 9.29 Å². The fraction of sp³-hybridized carbons (Fsp3) is 0.429. The molecule has 0 aromatic heterocycles. The van der Waals surface area contributed by atoms with Crippen LogP contribution in [0.15, 0.2) is 41.0 Å².